The second-order valence-electron chi connectivity index (χ2n) is 3.45. The number of halogens is 1. The number of aromatic nitrogens is 2. The van der Waals surface area contributed by atoms with Crippen molar-refractivity contribution in [3.63, 3.8) is 0 Å². The molecule has 1 heterocycles. The van der Waals surface area contributed by atoms with Gasteiger partial charge in [0.05, 0.1) is 0 Å². The highest BCUT2D eigenvalue weighted by molar-refractivity contribution is 14.1. The molecule has 0 saturated carbocycles. The highest BCUT2D eigenvalue weighted by Gasteiger charge is 2.01. The van der Waals surface area contributed by atoms with Crippen molar-refractivity contribution in [3.8, 4) is 11.6 Å². The SMILES string of the molecule is Cc1cc(Oc2ccc(I)cc2)nc(C)n1. The number of benzene rings is 1. The van der Waals surface area contributed by atoms with E-state index in [9.17, 15) is 0 Å². The number of hydrogen-bond acceptors (Lipinski definition) is 3. The molecule has 0 N–H and O–H groups in total. The van der Waals surface area contributed by atoms with Gasteiger partial charge in [0.25, 0.3) is 0 Å². The van der Waals surface area contributed by atoms with E-state index in [0.29, 0.717) is 5.88 Å². The molecule has 4 heteroatoms. The van der Waals surface area contributed by atoms with E-state index in [1.807, 2.05) is 44.2 Å². The van der Waals surface area contributed by atoms with Crippen LogP contribution in [0, 0.1) is 17.4 Å². The third-order valence-corrected chi connectivity index (χ3v) is 2.70. The summed E-state index contributed by atoms with van der Waals surface area (Å²) in [4.78, 5) is 8.41. The van der Waals surface area contributed by atoms with Gasteiger partial charge in [-0.2, -0.15) is 4.98 Å². The Morgan fingerprint density at radius 2 is 1.75 bits per heavy atom. The Morgan fingerprint density at radius 1 is 1.06 bits per heavy atom. The first-order chi connectivity index (χ1) is 7.63. The minimum atomic E-state index is 0.589. The van der Waals surface area contributed by atoms with Gasteiger partial charge in [0.2, 0.25) is 5.88 Å². The largest absolute Gasteiger partial charge is 0.439 e. The molecule has 0 atom stereocenters. The van der Waals surface area contributed by atoms with Crippen molar-refractivity contribution >= 4 is 22.6 Å². The predicted octanol–water partition coefficient (Wildman–Crippen LogP) is 3.49. The third kappa shape index (κ3) is 2.91. The van der Waals surface area contributed by atoms with Crippen molar-refractivity contribution in [2.45, 2.75) is 13.8 Å². The van der Waals surface area contributed by atoms with Crippen LogP contribution in [0.3, 0.4) is 0 Å². The lowest BCUT2D eigenvalue weighted by atomic mass is 10.3. The monoisotopic (exact) mass is 326 g/mol. The summed E-state index contributed by atoms with van der Waals surface area (Å²) in [5, 5.41) is 0. The van der Waals surface area contributed by atoms with E-state index < -0.39 is 0 Å². The second-order valence-corrected chi connectivity index (χ2v) is 4.70. The van der Waals surface area contributed by atoms with Crippen LogP contribution in [0.2, 0.25) is 0 Å². The Hall–Kier alpha value is -1.17. The molecule has 0 saturated heterocycles. The first-order valence-corrected chi connectivity index (χ1v) is 5.97. The zero-order valence-corrected chi connectivity index (χ0v) is 11.2. The molecule has 0 aliphatic rings. The molecule has 16 heavy (non-hydrogen) atoms. The van der Waals surface area contributed by atoms with Gasteiger partial charge in [-0.25, -0.2) is 4.98 Å². The average Bonchev–Trinajstić information content (AvgIpc) is 2.20. The van der Waals surface area contributed by atoms with Gasteiger partial charge < -0.3 is 4.74 Å². The van der Waals surface area contributed by atoms with E-state index in [0.717, 1.165) is 17.3 Å². The van der Waals surface area contributed by atoms with Crippen LogP contribution in [0.25, 0.3) is 0 Å². The lowest BCUT2D eigenvalue weighted by Crippen LogP contribution is -1.94. The van der Waals surface area contributed by atoms with Crippen LogP contribution >= 0.6 is 22.6 Å². The molecule has 2 rings (SSSR count). The van der Waals surface area contributed by atoms with Crippen LogP contribution in [-0.4, -0.2) is 9.97 Å². The fourth-order valence-corrected chi connectivity index (χ4v) is 1.72. The summed E-state index contributed by atoms with van der Waals surface area (Å²) in [6, 6.07) is 9.67. The first kappa shape index (κ1) is 11.3. The van der Waals surface area contributed by atoms with Crippen molar-refractivity contribution < 1.29 is 4.74 Å². The summed E-state index contributed by atoms with van der Waals surface area (Å²) >= 11 is 2.26. The lowest BCUT2D eigenvalue weighted by Gasteiger charge is -2.05. The summed E-state index contributed by atoms with van der Waals surface area (Å²) in [5.74, 6) is 2.10. The van der Waals surface area contributed by atoms with E-state index in [2.05, 4.69) is 32.6 Å². The molecule has 0 fully saturated rings. The topological polar surface area (TPSA) is 35.0 Å². The van der Waals surface area contributed by atoms with E-state index in [1.165, 1.54) is 3.57 Å². The van der Waals surface area contributed by atoms with Crippen LogP contribution < -0.4 is 4.74 Å². The van der Waals surface area contributed by atoms with Gasteiger partial charge in [-0.3, -0.25) is 0 Å². The summed E-state index contributed by atoms with van der Waals surface area (Å²) in [5.41, 5.74) is 0.910. The maximum absolute atomic E-state index is 5.64. The number of hydrogen-bond donors (Lipinski definition) is 0. The van der Waals surface area contributed by atoms with Gasteiger partial charge in [0, 0.05) is 15.3 Å². The van der Waals surface area contributed by atoms with Gasteiger partial charge in [-0.15, -0.1) is 0 Å². The Bertz CT molecular complexity index is 477. The molecule has 1 aromatic carbocycles. The van der Waals surface area contributed by atoms with E-state index in [-0.39, 0.29) is 0 Å². The highest BCUT2D eigenvalue weighted by Crippen LogP contribution is 2.20. The number of aryl methyl sites for hydroxylation is 2. The molecule has 2 aromatic rings. The molecule has 0 aliphatic heterocycles. The van der Waals surface area contributed by atoms with Gasteiger partial charge in [0.1, 0.15) is 11.6 Å². The number of rotatable bonds is 2. The highest BCUT2D eigenvalue weighted by atomic mass is 127. The molecule has 3 nitrogen and oxygen atoms in total. The van der Waals surface area contributed by atoms with Crippen LogP contribution in [0.4, 0.5) is 0 Å². The second kappa shape index (κ2) is 4.78. The maximum atomic E-state index is 5.64. The number of ether oxygens (including phenoxy) is 1. The summed E-state index contributed by atoms with van der Waals surface area (Å²) in [7, 11) is 0. The summed E-state index contributed by atoms with van der Waals surface area (Å²) in [6.07, 6.45) is 0. The van der Waals surface area contributed by atoms with Crippen LogP contribution in [0.15, 0.2) is 30.3 Å². The maximum Gasteiger partial charge on any atom is 0.222 e. The Morgan fingerprint density at radius 3 is 2.38 bits per heavy atom. The van der Waals surface area contributed by atoms with Gasteiger partial charge in [-0.1, -0.05) is 0 Å². The molecule has 0 amide bonds. The molecular weight excluding hydrogens is 315 g/mol. The van der Waals surface area contributed by atoms with Crippen LogP contribution in [0.5, 0.6) is 11.6 Å². The molecule has 82 valence electrons. The lowest BCUT2D eigenvalue weighted by molar-refractivity contribution is 0.459. The third-order valence-electron chi connectivity index (χ3n) is 1.98. The Kier molecular flexibility index (Phi) is 3.38. The van der Waals surface area contributed by atoms with Gasteiger partial charge in [0.15, 0.2) is 0 Å². The minimum Gasteiger partial charge on any atom is -0.439 e. The zero-order valence-electron chi connectivity index (χ0n) is 9.07. The molecule has 1 aromatic heterocycles. The summed E-state index contributed by atoms with van der Waals surface area (Å²) < 4.78 is 6.82. The Labute approximate surface area is 108 Å². The van der Waals surface area contributed by atoms with Crippen molar-refractivity contribution in [2.24, 2.45) is 0 Å². The van der Waals surface area contributed by atoms with Crippen LogP contribution in [-0.2, 0) is 0 Å². The normalized spacial score (nSPS) is 10.2. The molecule has 0 bridgehead atoms. The molecular formula is C12H11IN2O. The molecule has 0 radical (unpaired) electrons. The van der Waals surface area contributed by atoms with E-state index >= 15 is 0 Å². The van der Waals surface area contributed by atoms with Crippen LogP contribution in [0.1, 0.15) is 11.5 Å². The van der Waals surface area contributed by atoms with Crippen molar-refractivity contribution in [2.75, 3.05) is 0 Å². The predicted molar refractivity (Wildman–Crippen MR) is 70.7 cm³/mol. The quantitative estimate of drug-likeness (QED) is 0.793. The molecule has 0 spiro atoms. The van der Waals surface area contributed by atoms with Gasteiger partial charge >= 0.3 is 0 Å². The molecule has 0 unspecified atom stereocenters. The smallest absolute Gasteiger partial charge is 0.222 e. The van der Waals surface area contributed by atoms with Gasteiger partial charge in [-0.05, 0) is 60.7 Å². The van der Waals surface area contributed by atoms with Crippen molar-refractivity contribution in [1.82, 2.24) is 9.97 Å². The van der Waals surface area contributed by atoms with Crippen molar-refractivity contribution in [3.05, 3.63) is 45.4 Å². The Balaban J connectivity index is 2.23. The fourth-order valence-electron chi connectivity index (χ4n) is 1.36. The first-order valence-electron chi connectivity index (χ1n) is 4.89. The average molecular weight is 326 g/mol. The summed E-state index contributed by atoms with van der Waals surface area (Å²) in [6.45, 7) is 3.78. The zero-order chi connectivity index (χ0) is 11.5. The number of nitrogens with zero attached hydrogens (tertiary/aromatic N) is 2. The minimum absolute atomic E-state index is 0.589. The van der Waals surface area contributed by atoms with E-state index in [4.69, 9.17) is 4.74 Å². The van der Waals surface area contributed by atoms with Crippen molar-refractivity contribution in [1.29, 1.82) is 0 Å². The van der Waals surface area contributed by atoms with E-state index in [1.54, 1.807) is 0 Å². The fraction of sp³-hybridized carbons (Fsp3) is 0.167. The standard InChI is InChI=1S/C12H11IN2O/c1-8-7-12(15-9(2)14-8)16-11-5-3-10(13)4-6-11/h3-7H,1-2H3. The molecule has 0 aliphatic carbocycles.